The maximum atomic E-state index is 11.1. The Bertz CT molecular complexity index is 311. The van der Waals surface area contributed by atoms with Crippen LogP contribution in [0.5, 0.6) is 0 Å². The average Bonchev–Trinajstić information content (AvgIpc) is 2.73. The SMILES string of the molecule is CCC1CCCC1(O)C1(C#N)CCC(C)CC1. The Morgan fingerprint density at radius 1 is 1.24 bits per heavy atom. The molecule has 2 nitrogen and oxygen atoms in total. The molecule has 2 atom stereocenters. The highest BCUT2D eigenvalue weighted by Gasteiger charge is 2.57. The van der Waals surface area contributed by atoms with Crippen LogP contribution in [0.2, 0.25) is 0 Å². The molecule has 17 heavy (non-hydrogen) atoms. The molecule has 0 saturated heterocycles. The molecule has 0 spiro atoms. The largest absolute Gasteiger partial charge is 0.388 e. The first-order valence-corrected chi connectivity index (χ1v) is 7.21. The lowest BCUT2D eigenvalue weighted by Crippen LogP contribution is -2.51. The second kappa shape index (κ2) is 4.61. The zero-order valence-corrected chi connectivity index (χ0v) is 11.2. The first-order chi connectivity index (χ1) is 8.08. The summed E-state index contributed by atoms with van der Waals surface area (Å²) in [5.41, 5.74) is -1.15. The van der Waals surface area contributed by atoms with Crippen molar-refractivity contribution in [3.8, 4) is 6.07 Å². The highest BCUT2D eigenvalue weighted by Crippen LogP contribution is 2.55. The van der Waals surface area contributed by atoms with E-state index in [1.165, 1.54) is 0 Å². The Labute approximate surface area is 105 Å². The highest BCUT2D eigenvalue weighted by atomic mass is 16.3. The molecule has 2 aliphatic rings. The molecule has 0 bridgehead atoms. The smallest absolute Gasteiger partial charge is 0.0863 e. The number of rotatable bonds is 2. The van der Waals surface area contributed by atoms with Crippen LogP contribution in [0.15, 0.2) is 0 Å². The van der Waals surface area contributed by atoms with E-state index in [0.717, 1.165) is 57.3 Å². The summed E-state index contributed by atoms with van der Waals surface area (Å²) in [6.45, 7) is 4.41. The van der Waals surface area contributed by atoms with E-state index in [9.17, 15) is 10.4 Å². The molecule has 2 saturated carbocycles. The van der Waals surface area contributed by atoms with Crippen molar-refractivity contribution in [3.63, 3.8) is 0 Å². The second-order valence-electron chi connectivity index (χ2n) is 6.30. The van der Waals surface area contributed by atoms with Gasteiger partial charge in [-0.05, 0) is 50.4 Å². The molecular weight excluding hydrogens is 210 g/mol. The summed E-state index contributed by atoms with van der Waals surface area (Å²) < 4.78 is 0. The molecule has 2 unspecified atom stereocenters. The van der Waals surface area contributed by atoms with E-state index in [-0.39, 0.29) is 0 Å². The fourth-order valence-electron chi connectivity index (χ4n) is 4.13. The quantitative estimate of drug-likeness (QED) is 0.794. The molecule has 2 heteroatoms. The monoisotopic (exact) mass is 235 g/mol. The lowest BCUT2D eigenvalue weighted by molar-refractivity contribution is -0.105. The van der Waals surface area contributed by atoms with Crippen molar-refractivity contribution in [3.05, 3.63) is 0 Å². The molecule has 0 aromatic rings. The Kier molecular flexibility index (Phi) is 3.50. The molecule has 2 rings (SSSR count). The molecule has 96 valence electrons. The van der Waals surface area contributed by atoms with Crippen LogP contribution < -0.4 is 0 Å². The molecular formula is C15H25NO. The topological polar surface area (TPSA) is 44.0 Å². The van der Waals surface area contributed by atoms with Gasteiger partial charge in [0, 0.05) is 0 Å². The first kappa shape index (κ1) is 12.9. The van der Waals surface area contributed by atoms with Gasteiger partial charge in [-0.1, -0.05) is 26.7 Å². The highest BCUT2D eigenvalue weighted by molar-refractivity contribution is 5.16. The van der Waals surface area contributed by atoms with E-state index in [1.54, 1.807) is 0 Å². The van der Waals surface area contributed by atoms with Crippen molar-refractivity contribution in [2.75, 3.05) is 0 Å². The average molecular weight is 235 g/mol. The minimum atomic E-state index is -0.698. The number of nitriles is 1. The third kappa shape index (κ3) is 1.89. The Morgan fingerprint density at radius 2 is 1.88 bits per heavy atom. The van der Waals surface area contributed by atoms with Crippen molar-refractivity contribution >= 4 is 0 Å². The zero-order chi connectivity index (χ0) is 12.5. The van der Waals surface area contributed by atoms with Gasteiger partial charge in [0.05, 0.1) is 17.1 Å². The molecule has 0 radical (unpaired) electrons. The van der Waals surface area contributed by atoms with E-state index >= 15 is 0 Å². The van der Waals surface area contributed by atoms with Crippen molar-refractivity contribution < 1.29 is 5.11 Å². The van der Waals surface area contributed by atoms with Crippen LogP contribution >= 0.6 is 0 Å². The normalized spacial score (nSPS) is 46.7. The Balaban J connectivity index is 2.26. The van der Waals surface area contributed by atoms with Crippen molar-refractivity contribution in [1.82, 2.24) is 0 Å². The molecule has 1 N–H and O–H groups in total. The van der Waals surface area contributed by atoms with E-state index in [0.29, 0.717) is 5.92 Å². The number of hydrogen-bond donors (Lipinski definition) is 1. The standard InChI is InChI=1S/C15H25NO/c1-3-13-5-4-8-15(13,17)14(11-16)9-6-12(2)7-10-14/h12-13,17H,3-10H2,1-2H3. The summed E-state index contributed by atoms with van der Waals surface area (Å²) in [5.74, 6) is 1.07. The predicted octanol–water partition coefficient (Wildman–Crippen LogP) is 3.65. The van der Waals surface area contributed by atoms with Crippen LogP contribution in [-0.2, 0) is 0 Å². The van der Waals surface area contributed by atoms with Crippen LogP contribution in [-0.4, -0.2) is 10.7 Å². The maximum Gasteiger partial charge on any atom is 0.0863 e. The van der Waals surface area contributed by atoms with Gasteiger partial charge in [0.25, 0.3) is 0 Å². The summed E-state index contributed by atoms with van der Waals surface area (Å²) in [6, 6.07) is 2.53. The third-order valence-electron chi connectivity index (χ3n) is 5.45. The van der Waals surface area contributed by atoms with Gasteiger partial charge >= 0.3 is 0 Å². The van der Waals surface area contributed by atoms with Gasteiger partial charge in [-0.25, -0.2) is 0 Å². The predicted molar refractivity (Wildman–Crippen MR) is 68.3 cm³/mol. The fourth-order valence-corrected chi connectivity index (χ4v) is 4.13. The first-order valence-electron chi connectivity index (χ1n) is 7.21. The molecule has 0 heterocycles. The van der Waals surface area contributed by atoms with Gasteiger partial charge in [-0.2, -0.15) is 5.26 Å². The van der Waals surface area contributed by atoms with Gasteiger partial charge in [0.2, 0.25) is 0 Å². The molecule has 2 fully saturated rings. The van der Waals surface area contributed by atoms with Crippen molar-refractivity contribution in [2.24, 2.45) is 17.3 Å². The van der Waals surface area contributed by atoms with Gasteiger partial charge < -0.3 is 5.11 Å². The summed E-state index contributed by atoms with van der Waals surface area (Å²) >= 11 is 0. The van der Waals surface area contributed by atoms with Gasteiger partial charge in [0.1, 0.15) is 0 Å². The number of hydrogen-bond acceptors (Lipinski definition) is 2. The third-order valence-corrected chi connectivity index (χ3v) is 5.45. The van der Waals surface area contributed by atoms with Crippen LogP contribution in [0.3, 0.4) is 0 Å². The van der Waals surface area contributed by atoms with E-state index in [4.69, 9.17) is 0 Å². The molecule has 0 aromatic carbocycles. The maximum absolute atomic E-state index is 11.1. The van der Waals surface area contributed by atoms with Crippen LogP contribution in [0.25, 0.3) is 0 Å². The van der Waals surface area contributed by atoms with Gasteiger partial charge in [0.15, 0.2) is 0 Å². The van der Waals surface area contributed by atoms with Crippen LogP contribution in [0, 0.1) is 28.6 Å². The minimum absolute atomic E-state index is 0.343. The number of nitrogens with zero attached hydrogens (tertiary/aromatic N) is 1. The van der Waals surface area contributed by atoms with Crippen molar-refractivity contribution in [1.29, 1.82) is 5.26 Å². The summed E-state index contributed by atoms with van der Waals surface area (Å²) in [4.78, 5) is 0. The van der Waals surface area contributed by atoms with Gasteiger partial charge in [-0.15, -0.1) is 0 Å². The zero-order valence-electron chi connectivity index (χ0n) is 11.2. The molecule has 0 aromatic heterocycles. The molecule has 0 amide bonds. The summed E-state index contributed by atoms with van der Waals surface area (Å²) in [6.07, 6.45) is 8.05. The number of aliphatic hydroxyl groups is 1. The minimum Gasteiger partial charge on any atom is -0.388 e. The van der Waals surface area contributed by atoms with Gasteiger partial charge in [-0.3, -0.25) is 0 Å². The molecule has 0 aliphatic heterocycles. The second-order valence-corrected chi connectivity index (χ2v) is 6.30. The van der Waals surface area contributed by atoms with E-state index < -0.39 is 11.0 Å². The molecule has 2 aliphatic carbocycles. The summed E-state index contributed by atoms with van der Waals surface area (Å²) in [5, 5.41) is 20.7. The summed E-state index contributed by atoms with van der Waals surface area (Å²) in [7, 11) is 0. The Hall–Kier alpha value is -0.550. The lowest BCUT2D eigenvalue weighted by Gasteiger charge is -2.47. The van der Waals surface area contributed by atoms with Crippen molar-refractivity contribution in [2.45, 2.75) is 70.8 Å². The van der Waals surface area contributed by atoms with Crippen LogP contribution in [0.1, 0.15) is 65.2 Å². The lowest BCUT2D eigenvalue weighted by atomic mass is 9.59. The van der Waals surface area contributed by atoms with E-state index in [2.05, 4.69) is 19.9 Å². The van der Waals surface area contributed by atoms with Crippen LogP contribution in [0.4, 0.5) is 0 Å². The fraction of sp³-hybridized carbons (Fsp3) is 0.933. The Morgan fingerprint density at radius 3 is 2.41 bits per heavy atom. The van der Waals surface area contributed by atoms with E-state index in [1.807, 2.05) is 0 Å².